The predicted molar refractivity (Wildman–Crippen MR) is 609 cm³/mol. The van der Waals surface area contributed by atoms with Crippen molar-refractivity contribution in [1.29, 1.82) is 0 Å². The summed E-state index contributed by atoms with van der Waals surface area (Å²) in [5.74, 6) is 7.72. The topological polar surface area (TPSA) is 44.0 Å². The van der Waals surface area contributed by atoms with Gasteiger partial charge in [-0.2, -0.15) is 22.8 Å². The van der Waals surface area contributed by atoms with E-state index >= 15 is 0 Å². The van der Waals surface area contributed by atoms with Crippen molar-refractivity contribution in [2.75, 3.05) is 0 Å². The van der Waals surface area contributed by atoms with Gasteiger partial charge in [-0.1, -0.05) is 349 Å². The van der Waals surface area contributed by atoms with Gasteiger partial charge in [0, 0.05) is 22.3 Å². The molecule has 5 aromatic heterocycles. The molecule has 17 aromatic carbocycles. The van der Waals surface area contributed by atoms with Crippen molar-refractivity contribution >= 4 is 55.2 Å². The van der Waals surface area contributed by atoms with Crippen molar-refractivity contribution in [1.82, 2.24) is 22.8 Å². The molecule has 0 saturated heterocycles. The molecule has 22 aromatic rings. The highest BCUT2D eigenvalue weighted by atomic mass is 15.2. The van der Waals surface area contributed by atoms with Gasteiger partial charge in [0.1, 0.15) is 28.4 Å². The molecule has 145 heavy (non-hydrogen) atoms. The number of hydrogen-bond donors (Lipinski definition) is 0. The summed E-state index contributed by atoms with van der Waals surface area (Å²) in [6.45, 7) is 40.5. The Morgan fingerprint density at radius 2 is 0.414 bits per heavy atom. The summed E-state index contributed by atoms with van der Waals surface area (Å²) < 4.78 is 23.8. The molecule has 0 spiro atoms. The van der Waals surface area contributed by atoms with Crippen LogP contribution >= 0.6 is 0 Å². The Balaban J connectivity index is 0.000000120. The smallest absolute Gasteiger partial charge is 0.225 e. The molecular formula is C135H139N10+5. The molecule has 0 amide bonds. The Morgan fingerprint density at radius 3 is 0.703 bits per heavy atom. The van der Waals surface area contributed by atoms with Gasteiger partial charge in [0.25, 0.3) is 29.1 Å². The fraction of sp³-hybridized carbons (Fsp3) is 0.207. The molecule has 0 aliphatic heterocycles. The highest BCUT2D eigenvalue weighted by Crippen LogP contribution is 2.44. The average Bonchev–Trinajstić information content (AvgIpc) is 1.59. The standard InChI is InChI=1S/C33H35N2.C27H23N2.C27H31N2.C25H27N2.C23H23N2/c1-22(2)28-20-26(25-15-8-7-9-16-25)21-29(23(3)4)32(28)35-31-19-13-12-18-30(31)34(6)33(35)27-17-11-10-14-24(27)5;1-20-10-6-7-13-24(20)27-28(2)25-14-8-9-15-26(25)29(27)23-18-16-22(17-19-23)21-11-4-3-5-12-21;1-18(2)21-14-11-15-22(19(3)4)26(21)29-25-17-10-9-16-24(25)28(6)27(29)23-13-8-7-12-20(23)5;1-18-10-6-7-11-21(18)24-26(5)22-12-8-9-13-23(22)27(24)20-16-14-19(15-17-20)25(2,3)4;1-16-10-5-6-13-19(16)23-24(4)20-14-7-8-15-21(20)25(23)22-17(2)11-9-12-18(22)3/h7-23H,1-6H3;3-19H,1-2H3;7-19H,1-6H3;6-17H,1-5H3;5-15H,1-4H3/q5*+1. The summed E-state index contributed by atoms with van der Waals surface area (Å²) in [5, 5.41) is 0. The van der Waals surface area contributed by atoms with Crippen molar-refractivity contribution in [3.8, 4) is 108 Å². The Kier molecular flexibility index (Phi) is 29.0. The van der Waals surface area contributed by atoms with Crippen LogP contribution in [0.2, 0.25) is 0 Å². The second-order valence-corrected chi connectivity index (χ2v) is 41.3. The van der Waals surface area contributed by atoms with E-state index in [1.807, 2.05) is 0 Å². The molecule has 0 radical (unpaired) electrons. The molecule has 0 fully saturated rings. The van der Waals surface area contributed by atoms with Crippen LogP contribution in [0.1, 0.15) is 167 Å². The molecule has 0 N–H and O–H groups in total. The first-order valence-electron chi connectivity index (χ1n) is 51.5. The Morgan fingerprint density at radius 1 is 0.193 bits per heavy atom. The van der Waals surface area contributed by atoms with Crippen LogP contribution in [0.25, 0.3) is 163 Å². The fourth-order valence-corrected chi connectivity index (χ4v) is 21.5. The Hall–Kier alpha value is -15.9. The van der Waals surface area contributed by atoms with E-state index in [2.05, 4.69) is 606 Å². The molecule has 10 heteroatoms. The van der Waals surface area contributed by atoms with Gasteiger partial charge in [-0.3, -0.25) is 0 Å². The van der Waals surface area contributed by atoms with E-state index in [0.29, 0.717) is 23.7 Å². The zero-order chi connectivity index (χ0) is 102. The number of aryl methyl sites for hydroxylation is 12. The number of fused-ring (bicyclic) bond motifs is 5. The fourth-order valence-electron chi connectivity index (χ4n) is 21.5. The molecule has 0 saturated carbocycles. The SMILES string of the molecule is Cc1ccccc1-c1n(-c2c(C(C)C)cc(-c3ccccc3)cc2C(C)C)c2ccccc2[n+]1C.Cc1ccccc1-c1n(-c2c(C(C)C)cccc2C(C)C)c2ccccc2[n+]1C.Cc1ccccc1-c1n(-c2c(C)cccc2C)c2ccccc2[n+]1C.Cc1ccccc1-c1n(-c2ccc(-c3ccccc3)cc2)c2ccccc2[n+]1C.Cc1ccccc1-c1n(-c2ccc(C(C)(C)C)cc2)c2ccccc2[n+]1C. The van der Waals surface area contributed by atoms with Gasteiger partial charge >= 0.3 is 0 Å². The molecule has 10 nitrogen and oxygen atoms in total. The zero-order valence-electron chi connectivity index (χ0n) is 88.9. The number of benzene rings is 17. The van der Waals surface area contributed by atoms with Gasteiger partial charge in [-0.05, 0) is 272 Å². The molecule has 5 heterocycles. The molecule has 0 unspecified atom stereocenters. The minimum Gasteiger partial charge on any atom is -0.225 e. The van der Waals surface area contributed by atoms with Crippen LogP contribution < -0.4 is 22.8 Å². The minimum atomic E-state index is 0.154. The second kappa shape index (κ2) is 42.3. The van der Waals surface area contributed by atoms with Gasteiger partial charge in [0.05, 0.1) is 63.1 Å². The van der Waals surface area contributed by atoms with Crippen LogP contribution in [0.3, 0.4) is 0 Å². The second-order valence-electron chi connectivity index (χ2n) is 41.3. The normalized spacial score (nSPS) is 11.5. The number of nitrogens with zero attached hydrogens (tertiary/aromatic N) is 10. The number of aromatic nitrogens is 10. The van der Waals surface area contributed by atoms with E-state index in [0.717, 1.165) is 0 Å². The van der Waals surface area contributed by atoms with Gasteiger partial charge < -0.3 is 0 Å². The highest BCUT2D eigenvalue weighted by molar-refractivity contribution is 5.87. The van der Waals surface area contributed by atoms with Crippen molar-refractivity contribution < 1.29 is 22.8 Å². The Bertz CT molecular complexity index is 8390. The number of para-hydroxylation sites is 12. The lowest BCUT2D eigenvalue weighted by molar-refractivity contribution is -0.634. The van der Waals surface area contributed by atoms with Crippen LogP contribution in [0.15, 0.2) is 400 Å². The van der Waals surface area contributed by atoms with E-state index in [9.17, 15) is 0 Å². The number of hydrogen-bond acceptors (Lipinski definition) is 0. The number of rotatable bonds is 16. The van der Waals surface area contributed by atoms with Gasteiger partial charge in [0.15, 0.2) is 55.2 Å². The van der Waals surface area contributed by atoms with Crippen LogP contribution in [-0.2, 0) is 40.7 Å². The van der Waals surface area contributed by atoms with E-state index in [4.69, 9.17) is 0 Å². The van der Waals surface area contributed by atoms with Gasteiger partial charge in [-0.15, -0.1) is 0 Å². The third-order valence-electron chi connectivity index (χ3n) is 29.2. The summed E-state index contributed by atoms with van der Waals surface area (Å²) in [6, 6.07) is 144. The summed E-state index contributed by atoms with van der Waals surface area (Å²) >= 11 is 0. The quantitative estimate of drug-likeness (QED) is 0.0866. The van der Waals surface area contributed by atoms with E-state index in [1.54, 1.807) is 0 Å². The molecule has 0 aliphatic rings. The summed E-state index contributed by atoms with van der Waals surface area (Å²) in [6.07, 6.45) is 0. The van der Waals surface area contributed by atoms with Gasteiger partial charge in [-0.25, -0.2) is 22.8 Å². The van der Waals surface area contributed by atoms with Gasteiger partial charge in [0.2, 0.25) is 0 Å². The summed E-state index contributed by atoms with van der Waals surface area (Å²) in [5.41, 5.74) is 46.0. The molecule has 0 aliphatic carbocycles. The molecule has 22 rings (SSSR count). The maximum atomic E-state index is 2.52. The lowest BCUT2D eigenvalue weighted by Crippen LogP contribution is -2.30. The third-order valence-corrected chi connectivity index (χ3v) is 29.2. The zero-order valence-corrected chi connectivity index (χ0v) is 88.9. The number of imidazole rings is 5. The third kappa shape index (κ3) is 19.4. The van der Waals surface area contributed by atoms with Crippen LogP contribution in [0, 0.1) is 48.5 Å². The van der Waals surface area contributed by atoms with E-state index in [-0.39, 0.29) is 5.41 Å². The highest BCUT2D eigenvalue weighted by Gasteiger charge is 2.37. The molecule has 0 atom stereocenters. The largest absolute Gasteiger partial charge is 0.295 e. The maximum absolute atomic E-state index is 2.52. The van der Waals surface area contributed by atoms with E-state index in [1.165, 1.54) is 230 Å². The first-order valence-corrected chi connectivity index (χ1v) is 51.5. The molecular weight excluding hydrogens is 1760 g/mol. The predicted octanol–water partition coefficient (Wildman–Crippen LogP) is 31.9. The Labute approximate surface area is 858 Å². The monoisotopic (exact) mass is 1900 g/mol. The van der Waals surface area contributed by atoms with Crippen LogP contribution in [0.5, 0.6) is 0 Å². The van der Waals surface area contributed by atoms with E-state index < -0.39 is 0 Å². The molecule has 0 bridgehead atoms. The lowest BCUT2D eigenvalue weighted by Gasteiger charge is -2.21. The average molecular weight is 1900 g/mol. The van der Waals surface area contributed by atoms with Crippen molar-refractivity contribution in [2.24, 2.45) is 35.2 Å². The first-order chi connectivity index (χ1) is 70.0. The first kappa shape index (κ1) is 99.2. The minimum absolute atomic E-state index is 0.154. The van der Waals surface area contributed by atoms with Crippen LogP contribution in [0.4, 0.5) is 0 Å². The summed E-state index contributed by atoms with van der Waals surface area (Å²) in [4.78, 5) is 0. The maximum Gasteiger partial charge on any atom is 0.295 e. The lowest BCUT2D eigenvalue weighted by atomic mass is 9.87. The van der Waals surface area contributed by atoms with Crippen molar-refractivity contribution in [2.45, 2.75) is 154 Å². The van der Waals surface area contributed by atoms with Crippen LogP contribution in [-0.4, -0.2) is 22.8 Å². The van der Waals surface area contributed by atoms with Crippen molar-refractivity contribution in [3.63, 3.8) is 0 Å². The van der Waals surface area contributed by atoms with Crippen molar-refractivity contribution in [3.05, 3.63) is 467 Å². The summed E-state index contributed by atoms with van der Waals surface area (Å²) in [7, 11) is 10.9. The molecule has 724 valence electrons.